The van der Waals surface area contributed by atoms with Crippen molar-refractivity contribution in [3.63, 3.8) is 0 Å². The first-order valence-corrected chi connectivity index (χ1v) is 20.1. The summed E-state index contributed by atoms with van der Waals surface area (Å²) >= 11 is 1.30. The quantitative estimate of drug-likeness (QED) is 0.174. The first-order chi connectivity index (χ1) is 28.1. The van der Waals surface area contributed by atoms with Crippen molar-refractivity contribution in [1.29, 1.82) is 0 Å². The smallest absolute Gasteiger partial charge is 0.290 e. The highest BCUT2D eigenvalue weighted by atomic mass is 32.1. The Morgan fingerprint density at radius 3 is 2.43 bits per heavy atom. The highest BCUT2D eigenvalue weighted by Gasteiger charge is 2.27. The minimum Gasteiger partial charge on any atom is -0.451 e. The molecule has 2 N–H and O–H groups in total. The number of rotatable bonds is 12. The molecule has 0 radical (unpaired) electrons. The van der Waals surface area contributed by atoms with Gasteiger partial charge in [-0.1, -0.05) is 36.4 Å². The zero-order chi connectivity index (χ0) is 40.3. The van der Waals surface area contributed by atoms with Crippen molar-refractivity contribution in [2.75, 3.05) is 53.5 Å². The van der Waals surface area contributed by atoms with E-state index < -0.39 is 0 Å². The van der Waals surface area contributed by atoms with Crippen LogP contribution >= 0.6 is 11.3 Å². The maximum atomic E-state index is 13.6. The van der Waals surface area contributed by atoms with Crippen LogP contribution in [0, 0.1) is 5.92 Å². The monoisotopic (exact) mass is 803 g/mol. The van der Waals surface area contributed by atoms with E-state index in [4.69, 9.17) is 4.42 Å². The van der Waals surface area contributed by atoms with Crippen molar-refractivity contribution in [2.45, 2.75) is 32.7 Å². The number of hydrazine groups is 2. The summed E-state index contributed by atoms with van der Waals surface area (Å²) in [6, 6.07) is 13.4. The number of benzene rings is 2. The Hall–Kier alpha value is -6.33. The second-order valence-corrected chi connectivity index (χ2v) is 15.9. The van der Waals surface area contributed by atoms with Gasteiger partial charge in [0.25, 0.3) is 11.8 Å². The van der Waals surface area contributed by atoms with E-state index in [9.17, 15) is 19.2 Å². The lowest BCUT2D eigenvalue weighted by molar-refractivity contribution is -0.135. The fourth-order valence-electron chi connectivity index (χ4n) is 7.47. The topological polar surface area (TPSA) is 165 Å². The van der Waals surface area contributed by atoms with Crippen LogP contribution in [0.2, 0.25) is 0 Å². The van der Waals surface area contributed by atoms with Crippen LogP contribution in [0.25, 0.3) is 32.3 Å². The molecule has 0 unspecified atom stereocenters. The summed E-state index contributed by atoms with van der Waals surface area (Å²) in [4.78, 5) is 64.7. The lowest BCUT2D eigenvalue weighted by Gasteiger charge is -2.31. The molecule has 58 heavy (non-hydrogen) atoms. The molecule has 3 aromatic heterocycles. The highest BCUT2D eigenvalue weighted by molar-refractivity contribution is 7.20. The lowest BCUT2D eigenvalue weighted by atomic mass is 9.98. The molecule has 8 rings (SSSR count). The van der Waals surface area contributed by atoms with Crippen molar-refractivity contribution in [3.05, 3.63) is 101 Å². The van der Waals surface area contributed by atoms with Gasteiger partial charge in [0, 0.05) is 77.2 Å². The Bertz CT molecular complexity index is 2450. The summed E-state index contributed by atoms with van der Waals surface area (Å²) in [6.07, 6.45) is 13.2. The number of nitrogens with zero attached hydrogens (tertiary/aromatic N) is 9. The average Bonchev–Trinajstić information content (AvgIpc) is 4.09. The summed E-state index contributed by atoms with van der Waals surface area (Å²) in [5, 5.41) is 10.7. The Balaban J connectivity index is 0.870. The van der Waals surface area contributed by atoms with Gasteiger partial charge in [-0.15, -0.1) is 22.0 Å². The van der Waals surface area contributed by atoms with Crippen molar-refractivity contribution in [3.8, 4) is 0 Å². The Kier molecular flexibility index (Phi) is 11.1. The summed E-state index contributed by atoms with van der Waals surface area (Å²) in [7, 11) is 3.27. The normalized spacial score (nSPS) is 16.0. The number of hydrogen-bond donors (Lipinski definition) is 2. The number of furan rings is 1. The van der Waals surface area contributed by atoms with Gasteiger partial charge < -0.3 is 29.4 Å². The third-order valence-corrected chi connectivity index (χ3v) is 11.6. The predicted molar refractivity (Wildman–Crippen MR) is 219 cm³/mol. The van der Waals surface area contributed by atoms with Gasteiger partial charge in [-0.3, -0.25) is 28.9 Å². The van der Waals surface area contributed by atoms with Crippen LogP contribution in [0.3, 0.4) is 0 Å². The first kappa shape index (κ1) is 38.5. The summed E-state index contributed by atoms with van der Waals surface area (Å²) in [5.74, 6) is -0.531. The SMILES string of the molecule is C[C@H](CN1C=CNN1)C(=O)N1CCC=C(c2ccc3oc(C(=O)N(C)CN(C)C(=O)c4nc5ccc(C6=CCCN(C(=O)CCn7ccnn7)C6)cc5s4)cc3c2)C1. The molecular formula is C41H45N11O5S. The van der Waals surface area contributed by atoms with Crippen molar-refractivity contribution >= 4 is 67.3 Å². The summed E-state index contributed by atoms with van der Waals surface area (Å²) < 4.78 is 8.49. The minimum atomic E-state index is -0.363. The van der Waals surface area contributed by atoms with E-state index >= 15 is 0 Å². The molecule has 5 aromatic rings. The molecule has 2 aromatic carbocycles. The zero-order valence-electron chi connectivity index (χ0n) is 32.6. The standard InChI is InChI=1S/C41H45N11O5S/c1-27(23-52-19-14-43-46-52)39(54)50-16-5-7-31(25-50)28-9-11-34-32(20-28)21-35(57-34)40(55)47(2)26-48(3)41(56)38-44-33-10-8-29(22-36(33)58-38)30-6-4-15-49(24-30)37(53)12-17-51-18-13-42-45-51/h6-11,13-14,18-22,27,43,46H,4-5,12,15-17,23-26H2,1-3H3/t27-/m1/s1. The van der Waals surface area contributed by atoms with Crippen molar-refractivity contribution < 1.29 is 23.6 Å². The number of aryl methyl sites for hydroxylation is 1. The predicted octanol–water partition coefficient (Wildman–Crippen LogP) is 4.19. The molecule has 1 atom stereocenters. The Morgan fingerprint density at radius 1 is 0.931 bits per heavy atom. The molecule has 0 bridgehead atoms. The number of nitrogens with one attached hydrogen (secondary N) is 2. The zero-order valence-corrected chi connectivity index (χ0v) is 33.4. The van der Waals surface area contributed by atoms with Gasteiger partial charge in [-0.05, 0) is 65.4 Å². The third kappa shape index (κ3) is 8.35. The van der Waals surface area contributed by atoms with E-state index in [1.807, 2.05) is 64.3 Å². The molecule has 0 fully saturated rings. The van der Waals surface area contributed by atoms with Gasteiger partial charge in [-0.25, -0.2) is 4.98 Å². The van der Waals surface area contributed by atoms with E-state index in [-0.39, 0.29) is 42.0 Å². The number of thiazole rings is 1. The van der Waals surface area contributed by atoms with E-state index in [0.29, 0.717) is 61.8 Å². The average molecular weight is 804 g/mol. The number of fused-ring (bicyclic) bond motifs is 2. The maximum absolute atomic E-state index is 13.6. The van der Waals surface area contributed by atoms with E-state index in [1.165, 1.54) is 21.1 Å². The molecule has 6 heterocycles. The molecule has 0 spiro atoms. The van der Waals surface area contributed by atoms with Gasteiger partial charge in [0.15, 0.2) is 10.8 Å². The highest BCUT2D eigenvalue weighted by Crippen LogP contribution is 2.30. The second kappa shape index (κ2) is 16.6. The number of hydrogen-bond acceptors (Lipinski definition) is 12. The van der Waals surface area contributed by atoms with Gasteiger partial charge in [0.2, 0.25) is 11.8 Å². The summed E-state index contributed by atoms with van der Waals surface area (Å²) in [5.41, 5.74) is 11.2. The Morgan fingerprint density at radius 2 is 1.67 bits per heavy atom. The van der Waals surface area contributed by atoms with E-state index in [1.54, 1.807) is 43.4 Å². The van der Waals surface area contributed by atoms with E-state index in [2.05, 4.69) is 38.4 Å². The molecule has 300 valence electrons. The first-order valence-electron chi connectivity index (χ1n) is 19.3. The van der Waals surface area contributed by atoms with Gasteiger partial charge in [0.1, 0.15) is 5.58 Å². The molecule has 0 saturated heterocycles. The van der Waals surface area contributed by atoms with Gasteiger partial charge in [0.05, 0.1) is 35.5 Å². The minimum absolute atomic E-state index is 0.0184. The number of aromatic nitrogens is 4. The molecule has 3 aliphatic heterocycles. The molecular weight excluding hydrogens is 759 g/mol. The van der Waals surface area contributed by atoms with Crippen LogP contribution < -0.4 is 11.0 Å². The molecule has 3 aliphatic rings. The number of carbonyl (C=O) groups excluding carboxylic acids is 4. The molecule has 4 amide bonds. The lowest BCUT2D eigenvalue weighted by Crippen LogP contribution is -2.44. The van der Waals surface area contributed by atoms with Gasteiger partial charge >= 0.3 is 0 Å². The third-order valence-electron chi connectivity index (χ3n) is 10.6. The summed E-state index contributed by atoms with van der Waals surface area (Å²) in [6.45, 7) is 5.33. The van der Waals surface area contributed by atoms with E-state index in [0.717, 1.165) is 45.2 Å². The van der Waals surface area contributed by atoms with Crippen LogP contribution in [-0.4, -0.2) is 122 Å². The number of amides is 4. The molecule has 0 saturated carbocycles. The fourth-order valence-corrected chi connectivity index (χ4v) is 8.47. The second-order valence-electron chi connectivity index (χ2n) is 14.9. The fraction of sp³-hybridized carbons (Fsp3) is 0.341. The van der Waals surface area contributed by atoms with Crippen LogP contribution in [0.4, 0.5) is 0 Å². The molecule has 0 aliphatic carbocycles. The van der Waals surface area contributed by atoms with Crippen LogP contribution in [0.1, 0.15) is 57.7 Å². The van der Waals surface area contributed by atoms with Crippen molar-refractivity contribution in [2.24, 2.45) is 5.92 Å². The maximum Gasteiger partial charge on any atom is 0.290 e. The van der Waals surface area contributed by atoms with Crippen molar-refractivity contribution in [1.82, 2.24) is 55.5 Å². The van der Waals surface area contributed by atoms with Crippen LogP contribution in [0.5, 0.6) is 0 Å². The van der Waals surface area contributed by atoms with Gasteiger partial charge in [-0.2, -0.15) is 0 Å². The number of carbonyl (C=O) groups is 4. The Labute approximate surface area is 339 Å². The van der Waals surface area contributed by atoms with Crippen LogP contribution in [0.15, 0.2) is 83.8 Å². The van der Waals surface area contributed by atoms with Crippen LogP contribution in [-0.2, 0) is 16.1 Å². The largest absolute Gasteiger partial charge is 0.451 e. The molecule has 17 heteroatoms. The molecule has 16 nitrogen and oxygen atoms in total.